The van der Waals surface area contributed by atoms with Crippen molar-refractivity contribution in [3.05, 3.63) is 59.9 Å². The number of carbonyl (C=O) groups is 3. The molecule has 1 saturated heterocycles. The number of piperidine rings is 1. The molecule has 0 spiro atoms. The van der Waals surface area contributed by atoms with Crippen LogP contribution in [0.4, 0.5) is 10.5 Å². The number of rotatable bonds is 5. The van der Waals surface area contributed by atoms with Crippen LogP contribution >= 0.6 is 0 Å². The SMILES string of the molecule is CN(C(=O)c1ccncc1)c1ccc(CNC(=O)N2CCCC(C(=O)O)C2)cc1. The smallest absolute Gasteiger partial charge is 0.317 e. The van der Waals surface area contributed by atoms with Crippen LogP contribution < -0.4 is 10.2 Å². The third-order valence-corrected chi connectivity index (χ3v) is 5.06. The van der Waals surface area contributed by atoms with Gasteiger partial charge in [-0.25, -0.2) is 4.79 Å². The average Bonchev–Trinajstić information content (AvgIpc) is 2.77. The summed E-state index contributed by atoms with van der Waals surface area (Å²) in [6.07, 6.45) is 4.45. The van der Waals surface area contributed by atoms with Crippen molar-refractivity contribution in [2.24, 2.45) is 5.92 Å². The third kappa shape index (κ3) is 5.10. The Balaban J connectivity index is 1.54. The first-order chi connectivity index (χ1) is 14.0. The van der Waals surface area contributed by atoms with E-state index in [1.54, 1.807) is 41.4 Å². The number of likely N-dealkylation sites (tertiary alicyclic amines) is 1. The molecule has 0 saturated carbocycles. The van der Waals surface area contributed by atoms with Crippen LogP contribution in [0.2, 0.25) is 0 Å². The van der Waals surface area contributed by atoms with Crippen molar-refractivity contribution in [1.29, 1.82) is 0 Å². The standard InChI is InChI=1S/C21H24N4O4/c1-24(19(26)16-8-10-22-11-9-16)18-6-4-15(5-7-18)13-23-21(29)25-12-2-3-17(14-25)20(27)28/h4-11,17H,2-3,12-14H2,1H3,(H,23,29)(H,27,28). The molecule has 1 aromatic carbocycles. The highest BCUT2D eigenvalue weighted by Gasteiger charge is 2.27. The molecule has 0 aliphatic carbocycles. The molecule has 29 heavy (non-hydrogen) atoms. The first kappa shape index (κ1) is 20.3. The molecule has 1 aliphatic rings. The van der Waals surface area contributed by atoms with Gasteiger partial charge in [0.1, 0.15) is 0 Å². The van der Waals surface area contributed by atoms with Crippen LogP contribution in [-0.4, -0.2) is 53.0 Å². The molecule has 0 bridgehead atoms. The zero-order valence-electron chi connectivity index (χ0n) is 16.2. The van der Waals surface area contributed by atoms with Crippen LogP contribution in [0.5, 0.6) is 0 Å². The normalized spacial score (nSPS) is 16.2. The van der Waals surface area contributed by atoms with Crippen molar-refractivity contribution in [2.75, 3.05) is 25.0 Å². The van der Waals surface area contributed by atoms with Gasteiger partial charge in [0.25, 0.3) is 5.91 Å². The lowest BCUT2D eigenvalue weighted by atomic mass is 9.99. The fourth-order valence-electron chi connectivity index (χ4n) is 3.30. The van der Waals surface area contributed by atoms with E-state index >= 15 is 0 Å². The topological polar surface area (TPSA) is 103 Å². The zero-order chi connectivity index (χ0) is 20.8. The number of aliphatic carboxylic acids is 1. The Bertz CT molecular complexity index is 870. The number of nitrogens with zero attached hydrogens (tertiary/aromatic N) is 3. The molecule has 2 heterocycles. The van der Waals surface area contributed by atoms with Gasteiger partial charge in [-0.2, -0.15) is 0 Å². The Hall–Kier alpha value is -3.42. The monoisotopic (exact) mass is 396 g/mol. The van der Waals surface area contributed by atoms with E-state index in [4.69, 9.17) is 5.11 Å². The van der Waals surface area contributed by atoms with Gasteiger partial charge in [-0.15, -0.1) is 0 Å². The van der Waals surface area contributed by atoms with E-state index < -0.39 is 11.9 Å². The maximum absolute atomic E-state index is 12.5. The number of urea groups is 1. The highest BCUT2D eigenvalue weighted by atomic mass is 16.4. The molecule has 1 aromatic heterocycles. The summed E-state index contributed by atoms with van der Waals surface area (Å²) in [5.41, 5.74) is 2.18. The minimum absolute atomic E-state index is 0.133. The van der Waals surface area contributed by atoms with E-state index in [0.717, 1.165) is 11.3 Å². The summed E-state index contributed by atoms with van der Waals surface area (Å²) in [6.45, 7) is 1.13. The molecule has 3 rings (SSSR count). The van der Waals surface area contributed by atoms with Gasteiger partial charge >= 0.3 is 12.0 Å². The molecule has 8 heteroatoms. The average molecular weight is 396 g/mol. The number of pyridine rings is 1. The minimum Gasteiger partial charge on any atom is -0.481 e. The van der Waals surface area contributed by atoms with E-state index in [1.165, 1.54) is 0 Å². The highest BCUT2D eigenvalue weighted by Crippen LogP contribution is 2.18. The fourth-order valence-corrected chi connectivity index (χ4v) is 3.30. The van der Waals surface area contributed by atoms with Crippen LogP contribution in [0.1, 0.15) is 28.8 Å². The van der Waals surface area contributed by atoms with Gasteiger partial charge in [-0.05, 0) is 42.7 Å². The molecule has 2 N–H and O–H groups in total. The maximum Gasteiger partial charge on any atom is 0.317 e. The van der Waals surface area contributed by atoms with Gasteiger partial charge in [0.2, 0.25) is 0 Å². The van der Waals surface area contributed by atoms with Crippen molar-refractivity contribution >= 4 is 23.6 Å². The Labute approximate surface area is 169 Å². The number of benzene rings is 1. The number of amides is 3. The van der Waals surface area contributed by atoms with Crippen LogP contribution in [0.25, 0.3) is 0 Å². The molecule has 1 aliphatic heterocycles. The van der Waals surface area contributed by atoms with Gasteiger partial charge in [-0.3, -0.25) is 14.6 Å². The first-order valence-electron chi connectivity index (χ1n) is 9.48. The summed E-state index contributed by atoms with van der Waals surface area (Å²) in [5, 5.41) is 12.0. The molecule has 152 valence electrons. The molecular formula is C21H24N4O4. The van der Waals surface area contributed by atoms with Crippen molar-refractivity contribution in [2.45, 2.75) is 19.4 Å². The Kier molecular flexibility index (Phi) is 6.43. The highest BCUT2D eigenvalue weighted by molar-refractivity contribution is 6.05. The lowest BCUT2D eigenvalue weighted by Gasteiger charge is -2.30. The molecular weight excluding hydrogens is 372 g/mol. The quantitative estimate of drug-likeness (QED) is 0.808. The summed E-state index contributed by atoms with van der Waals surface area (Å²) in [4.78, 5) is 43.0. The van der Waals surface area contributed by atoms with E-state index in [9.17, 15) is 14.4 Å². The molecule has 0 radical (unpaired) electrons. The van der Waals surface area contributed by atoms with E-state index in [-0.39, 0.29) is 18.5 Å². The number of hydrogen-bond acceptors (Lipinski definition) is 4. The van der Waals surface area contributed by atoms with Crippen molar-refractivity contribution in [3.8, 4) is 0 Å². The third-order valence-electron chi connectivity index (χ3n) is 5.06. The Morgan fingerprint density at radius 2 is 1.86 bits per heavy atom. The Morgan fingerprint density at radius 3 is 2.52 bits per heavy atom. The van der Waals surface area contributed by atoms with Crippen molar-refractivity contribution < 1.29 is 19.5 Å². The molecule has 1 unspecified atom stereocenters. The van der Waals surface area contributed by atoms with Crippen molar-refractivity contribution in [3.63, 3.8) is 0 Å². The molecule has 1 atom stereocenters. The second-order valence-corrected chi connectivity index (χ2v) is 7.05. The lowest BCUT2D eigenvalue weighted by molar-refractivity contribution is -0.143. The number of anilines is 1. The summed E-state index contributed by atoms with van der Waals surface area (Å²) in [7, 11) is 1.70. The van der Waals surface area contributed by atoms with Crippen LogP contribution in [0.3, 0.4) is 0 Å². The van der Waals surface area contributed by atoms with Crippen LogP contribution in [-0.2, 0) is 11.3 Å². The number of carbonyl (C=O) groups excluding carboxylic acids is 2. The Morgan fingerprint density at radius 1 is 1.17 bits per heavy atom. The number of aromatic nitrogens is 1. The summed E-state index contributed by atoms with van der Waals surface area (Å²) < 4.78 is 0. The first-order valence-corrected chi connectivity index (χ1v) is 9.48. The van der Waals surface area contributed by atoms with Gasteiger partial charge in [0, 0.05) is 50.3 Å². The summed E-state index contributed by atoms with van der Waals surface area (Å²) >= 11 is 0. The molecule has 2 aromatic rings. The molecule has 8 nitrogen and oxygen atoms in total. The van der Waals surface area contributed by atoms with Gasteiger partial charge in [-0.1, -0.05) is 12.1 Å². The number of hydrogen-bond donors (Lipinski definition) is 2. The molecule has 3 amide bonds. The number of carboxylic acids is 1. The van der Waals surface area contributed by atoms with Gasteiger partial charge in [0.05, 0.1) is 5.92 Å². The number of nitrogens with one attached hydrogen (secondary N) is 1. The van der Waals surface area contributed by atoms with Gasteiger partial charge < -0.3 is 20.2 Å². The van der Waals surface area contributed by atoms with Crippen LogP contribution in [0, 0.1) is 5.92 Å². The largest absolute Gasteiger partial charge is 0.481 e. The predicted octanol–water partition coefficient (Wildman–Crippen LogP) is 2.36. The van der Waals surface area contributed by atoms with Gasteiger partial charge in [0.15, 0.2) is 0 Å². The second-order valence-electron chi connectivity index (χ2n) is 7.05. The maximum atomic E-state index is 12.5. The zero-order valence-corrected chi connectivity index (χ0v) is 16.2. The van der Waals surface area contributed by atoms with E-state index in [2.05, 4.69) is 10.3 Å². The lowest BCUT2D eigenvalue weighted by Crippen LogP contribution is -2.46. The summed E-state index contributed by atoms with van der Waals surface area (Å²) in [5.74, 6) is -1.49. The van der Waals surface area contributed by atoms with E-state index in [0.29, 0.717) is 31.5 Å². The molecule has 1 fully saturated rings. The number of carboxylic acid groups (broad SMARTS) is 1. The second kappa shape index (κ2) is 9.18. The summed E-state index contributed by atoms with van der Waals surface area (Å²) in [6, 6.07) is 10.4. The minimum atomic E-state index is -0.858. The predicted molar refractivity (Wildman–Crippen MR) is 108 cm³/mol. The fraction of sp³-hybridized carbons (Fsp3) is 0.333. The van der Waals surface area contributed by atoms with Crippen molar-refractivity contribution in [1.82, 2.24) is 15.2 Å². The van der Waals surface area contributed by atoms with Crippen LogP contribution in [0.15, 0.2) is 48.8 Å². The van der Waals surface area contributed by atoms with E-state index in [1.807, 2.05) is 24.3 Å².